The maximum atomic E-state index is 13.8. The predicted octanol–water partition coefficient (Wildman–Crippen LogP) is 3.87. The Balaban J connectivity index is 2.08. The molecule has 1 amide bonds. The van der Waals surface area contributed by atoms with Crippen molar-refractivity contribution in [2.75, 3.05) is 6.54 Å². The van der Waals surface area contributed by atoms with Crippen LogP contribution in [0.1, 0.15) is 43.7 Å². The van der Waals surface area contributed by atoms with Crippen LogP contribution >= 0.6 is 0 Å². The van der Waals surface area contributed by atoms with Gasteiger partial charge in [0.1, 0.15) is 11.2 Å². The van der Waals surface area contributed by atoms with Crippen molar-refractivity contribution in [3.05, 3.63) is 71.5 Å². The first-order valence-electron chi connectivity index (χ1n) is 8.70. The molecule has 0 aromatic heterocycles. The quantitative estimate of drug-likeness (QED) is 0.754. The lowest BCUT2D eigenvalue weighted by Crippen LogP contribution is -2.46. The molecule has 0 aliphatic rings. The zero-order chi connectivity index (χ0) is 19.2. The van der Waals surface area contributed by atoms with Gasteiger partial charge in [0.25, 0.3) is 0 Å². The molecular weight excluding hydrogens is 333 g/mol. The molecule has 2 atom stereocenters. The van der Waals surface area contributed by atoms with E-state index < -0.39 is 11.4 Å². The van der Waals surface area contributed by atoms with Crippen molar-refractivity contribution in [2.24, 2.45) is 0 Å². The van der Waals surface area contributed by atoms with Crippen LogP contribution in [0.4, 0.5) is 4.39 Å². The zero-order valence-electron chi connectivity index (χ0n) is 15.0. The monoisotopic (exact) mass is 357 g/mol. The summed E-state index contributed by atoms with van der Waals surface area (Å²) in [5.74, 6) is -1.91. The molecular formula is C21H24FNO3. The molecule has 2 unspecified atom stereocenters. The molecule has 0 bridgehead atoms. The van der Waals surface area contributed by atoms with E-state index in [0.29, 0.717) is 17.5 Å². The molecule has 4 nitrogen and oxygen atoms in total. The molecule has 0 saturated carbocycles. The van der Waals surface area contributed by atoms with Gasteiger partial charge < -0.3 is 10.4 Å². The third-order valence-corrected chi connectivity index (χ3v) is 4.85. The Morgan fingerprint density at radius 2 is 1.73 bits per heavy atom. The molecule has 2 N–H and O–H groups in total. The number of hydrogen-bond donors (Lipinski definition) is 2. The van der Waals surface area contributed by atoms with Crippen LogP contribution in [0.5, 0.6) is 0 Å². The number of nitrogens with one attached hydrogen (secondary N) is 1. The number of carboxylic acid groups (broad SMARTS) is 1. The van der Waals surface area contributed by atoms with E-state index in [0.717, 1.165) is 0 Å². The van der Waals surface area contributed by atoms with Crippen LogP contribution in [-0.2, 0) is 15.0 Å². The fourth-order valence-electron chi connectivity index (χ4n) is 3.12. The van der Waals surface area contributed by atoms with Crippen LogP contribution in [0.15, 0.2) is 54.6 Å². The molecule has 0 heterocycles. The summed E-state index contributed by atoms with van der Waals surface area (Å²) in [7, 11) is 0. The summed E-state index contributed by atoms with van der Waals surface area (Å²) in [6.07, 6.45) is 0.435. The minimum atomic E-state index is -1.18. The lowest BCUT2D eigenvalue weighted by atomic mass is 9.78. The maximum Gasteiger partial charge on any atom is 0.315 e. The Hall–Kier alpha value is -2.69. The van der Waals surface area contributed by atoms with Gasteiger partial charge in [0, 0.05) is 13.0 Å². The molecule has 26 heavy (non-hydrogen) atoms. The maximum absolute atomic E-state index is 13.8. The van der Waals surface area contributed by atoms with Crippen LogP contribution in [0.3, 0.4) is 0 Å². The molecule has 0 saturated heterocycles. The van der Waals surface area contributed by atoms with Gasteiger partial charge >= 0.3 is 5.97 Å². The van der Waals surface area contributed by atoms with Crippen molar-refractivity contribution in [3.8, 4) is 0 Å². The molecule has 0 fully saturated rings. The second-order valence-corrected chi connectivity index (χ2v) is 6.51. The topological polar surface area (TPSA) is 66.4 Å². The molecule has 0 spiro atoms. The van der Waals surface area contributed by atoms with Gasteiger partial charge in [0.15, 0.2) is 0 Å². The van der Waals surface area contributed by atoms with Crippen LogP contribution < -0.4 is 5.32 Å². The zero-order valence-corrected chi connectivity index (χ0v) is 15.0. The summed E-state index contributed by atoms with van der Waals surface area (Å²) in [6.45, 7) is 3.56. The van der Waals surface area contributed by atoms with E-state index >= 15 is 0 Å². The van der Waals surface area contributed by atoms with Gasteiger partial charge in [-0.1, -0.05) is 62.4 Å². The molecule has 2 rings (SSSR count). The van der Waals surface area contributed by atoms with Crippen molar-refractivity contribution in [3.63, 3.8) is 0 Å². The summed E-state index contributed by atoms with van der Waals surface area (Å²) in [4.78, 5) is 24.3. The molecule has 2 aromatic rings. The standard InChI is InChI=1S/C21H24FNO3/c1-3-21(20(25)26,16-9-5-4-6-10-16)14-23-19(24)13-15(2)17-11-7-8-12-18(17)22/h4-12,15H,3,13-14H2,1-2H3,(H,23,24)(H,25,26). The highest BCUT2D eigenvalue weighted by Crippen LogP contribution is 2.28. The first kappa shape index (κ1) is 19.6. The highest BCUT2D eigenvalue weighted by atomic mass is 19.1. The third kappa shape index (κ3) is 4.28. The number of carbonyl (C=O) groups excluding carboxylic acids is 1. The Kier molecular flexibility index (Phi) is 6.50. The van der Waals surface area contributed by atoms with E-state index in [4.69, 9.17) is 0 Å². The van der Waals surface area contributed by atoms with Gasteiger partial charge in [-0.15, -0.1) is 0 Å². The average Bonchev–Trinajstić information content (AvgIpc) is 2.63. The number of carboxylic acids is 1. The smallest absolute Gasteiger partial charge is 0.315 e. The summed E-state index contributed by atoms with van der Waals surface area (Å²) < 4.78 is 13.8. The molecule has 5 heteroatoms. The average molecular weight is 357 g/mol. The van der Waals surface area contributed by atoms with Crippen LogP contribution in [0.25, 0.3) is 0 Å². The van der Waals surface area contributed by atoms with Gasteiger partial charge in [-0.2, -0.15) is 0 Å². The Morgan fingerprint density at radius 1 is 1.12 bits per heavy atom. The Labute approximate surface area is 153 Å². The minimum Gasteiger partial charge on any atom is -0.481 e. The summed E-state index contributed by atoms with van der Waals surface area (Å²) in [6, 6.07) is 15.3. The Morgan fingerprint density at radius 3 is 2.31 bits per heavy atom. The normalized spacial score (nSPS) is 14.3. The summed E-state index contributed by atoms with van der Waals surface area (Å²) >= 11 is 0. The van der Waals surface area contributed by atoms with Crippen LogP contribution in [0.2, 0.25) is 0 Å². The number of amides is 1. The molecule has 0 aliphatic heterocycles. The summed E-state index contributed by atoms with van der Waals surface area (Å²) in [5, 5.41) is 12.5. The fourth-order valence-corrected chi connectivity index (χ4v) is 3.12. The van der Waals surface area contributed by atoms with Crippen molar-refractivity contribution in [1.82, 2.24) is 5.32 Å². The lowest BCUT2D eigenvalue weighted by molar-refractivity contribution is -0.144. The van der Waals surface area contributed by atoms with Crippen molar-refractivity contribution >= 4 is 11.9 Å². The SMILES string of the molecule is CCC(CNC(=O)CC(C)c1ccccc1F)(C(=O)O)c1ccccc1. The Bertz CT molecular complexity index is 763. The number of hydrogen-bond acceptors (Lipinski definition) is 2. The number of carbonyl (C=O) groups is 2. The van der Waals surface area contributed by atoms with E-state index in [1.807, 2.05) is 6.07 Å². The van der Waals surface area contributed by atoms with Crippen LogP contribution in [0, 0.1) is 5.82 Å². The first-order chi connectivity index (χ1) is 12.4. The largest absolute Gasteiger partial charge is 0.481 e. The molecule has 138 valence electrons. The van der Waals surface area contributed by atoms with E-state index in [-0.39, 0.29) is 30.6 Å². The predicted molar refractivity (Wildman–Crippen MR) is 98.5 cm³/mol. The molecule has 0 radical (unpaired) electrons. The number of halogens is 1. The van der Waals surface area contributed by atoms with E-state index in [1.54, 1.807) is 56.3 Å². The van der Waals surface area contributed by atoms with E-state index in [2.05, 4.69) is 5.32 Å². The first-order valence-corrected chi connectivity index (χ1v) is 8.70. The van der Waals surface area contributed by atoms with Crippen molar-refractivity contribution in [1.29, 1.82) is 0 Å². The highest BCUT2D eigenvalue weighted by molar-refractivity contribution is 5.83. The molecule has 2 aromatic carbocycles. The van der Waals surface area contributed by atoms with Gasteiger partial charge in [0.2, 0.25) is 5.91 Å². The van der Waals surface area contributed by atoms with Crippen molar-refractivity contribution < 1.29 is 19.1 Å². The molecule has 0 aliphatic carbocycles. The van der Waals surface area contributed by atoms with Gasteiger partial charge in [0.05, 0.1) is 0 Å². The van der Waals surface area contributed by atoms with Gasteiger partial charge in [-0.25, -0.2) is 4.39 Å². The minimum absolute atomic E-state index is 0.00826. The second kappa shape index (κ2) is 8.61. The second-order valence-electron chi connectivity index (χ2n) is 6.51. The van der Waals surface area contributed by atoms with E-state index in [1.165, 1.54) is 6.07 Å². The van der Waals surface area contributed by atoms with Gasteiger partial charge in [-0.3, -0.25) is 9.59 Å². The highest BCUT2D eigenvalue weighted by Gasteiger charge is 2.39. The number of benzene rings is 2. The fraction of sp³-hybridized carbons (Fsp3) is 0.333. The summed E-state index contributed by atoms with van der Waals surface area (Å²) in [5.41, 5.74) is -0.0545. The van der Waals surface area contributed by atoms with Crippen LogP contribution in [-0.4, -0.2) is 23.5 Å². The van der Waals surface area contributed by atoms with Gasteiger partial charge in [-0.05, 0) is 29.5 Å². The number of rotatable bonds is 8. The van der Waals surface area contributed by atoms with Crippen molar-refractivity contribution in [2.45, 2.75) is 38.0 Å². The third-order valence-electron chi connectivity index (χ3n) is 4.85. The number of aliphatic carboxylic acids is 1. The van der Waals surface area contributed by atoms with E-state index in [9.17, 15) is 19.1 Å². The lowest BCUT2D eigenvalue weighted by Gasteiger charge is -2.29.